The Bertz CT molecular complexity index is 790. The van der Waals surface area contributed by atoms with Crippen molar-refractivity contribution in [2.75, 3.05) is 6.54 Å². The van der Waals surface area contributed by atoms with E-state index in [0.717, 1.165) is 24.1 Å². The Morgan fingerprint density at radius 2 is 1.72 bits per heavy atom. The summed E-state index contributed by atoms with van der Waals surface area (Å²) in [6.45, 7) is 3.12. The highest BCUT2D eigenvalue weighted by atomic mass is 32.2. The van der Waals surface area contributed by atoms with Crippen LogP contribution in [-0.2, 0) is 27.8 Å². The van der Waals surface area contributed by atoms with Crippen LogP contribution in [0.15, 0.2) is 59.5 Å². The molecule has 0 spiro atoms. The molecule has 0 fully saturated rings. The normalized spacial score (nSPS) is 12.6. The third kappa shape index (κ3) is 6.30. The first-order valence-corrected chi connectivity index (χ1v) is 9.67. The number of benzene rings is 2. The van der Waals surface area contributed by atoms with Gasteiger partial charge in [0.1, 0.15) is 0 Å². The zero-order valence-corrected chi connectivity index (χ0v) is 15.0. The topological polar surface area (TPSA) is 106 Å². The Balaban J connectivity index is 1.74. The molecule has 134 valence electrons. The summed E-state index contributed by atoms with van der Waals surface area (Å²) in [5.74, 6) is -0.00609. The highest BCUT2D eigenvalue weighted by Crippen LogP contribution is 2.08. The van der Waals surface area contributed by atoms with Crippen molar-refractivity contribution >= 4 is 15.9 Å². The number of rotatable bonds is 8. The maximum absolute atomic E-state index is 12.1. The number of nitrogens with two attached hydrogens (primary N) is 2. The van der Waals surface area contributed by atoms with Gasteiger partial charge in [-0.2, -0.15) is 0 Å². The van der Waals surface area contributed by atoms with Crippen LogP contribution in [0.3, 0.4) is 0 Å². The lowest BCUT2D eigenvalue weighted by Crippen LogP contribution is -2.92. The van der Waals surface area contributed by atoms with Gasteiger partial charge in [0.15, 0.2) is 6.04 Å². The van der Waals surface area contributed by atoms with Gasteiger partial charge in [-0.15, -0.1) is 0 Å². The molecule has 0 unspecified atom stereocenters. The van der Waals surface area contributed by atoms with Crippen molar-refractivity contribution in [3.05, 3.63) is 65.7 Å². The monoisotopic (exact) mass is 362 g/mol. The van der Waals surface area contributed by atoms with Crippen LogP contribution in [-0.4, -0.2) is 26.9 Å². The van der Waals surface area contributed by atoms with E-state index in [0.29, 0.717) is 6.54 Å². The zero-order chi connectivity index (χ0) is 18.3. The second-order valence-electron chi connectivity index (χ2n) is 5.96. The molecule has 6 nitrogen and oxygen atoms in total. The van der Waals surface area contributed by atoms with Crippen molar-refractivity contribution in [2.24, 2.45) is 5.14 Å². The second-order valence-corrected chi connectivity index (χ2v) is 7.52. The van der Waals surface area contributed by atoms with Gasteiger partial charge in [-0.25, -0.2) is 13.6 Å². The Morgan fingerprint density at radius 1 is 1.08 bits per heavy atom. The van der Waals surface area contributed by atoms with Crippen LogP contribution in [0, 0.1) is 0 Å². The molecule has 1 amide bonds. The number of amides is 1. The van der Waals surface area contributed by atoms with Crippen LogP contribution in [0.2, 0.25) is 0 Å². The predicted molar refractivity (Wildman–Crippen MR) is 96.1 cm³/mol. The van der Waals surface area contributed by atoms with Gasteiger partial charge >= 0.3 is 0 Å². The molecule has 0 aliphatic heterocycles. The highest BCUT2D eigenvalue weighted by molar-refractivity contribution is 7.89. The van der Waals surface area contributed by atoms with Gasteiger partial charge in [0.2, 0.25) is 10.0 Å². The van der Waals surface area contributed by atoms with E-state index in [1.54, 1.807) is 12.1 Å². The highest BCUT2D eigenvalue weighted by Gasteiger charge is 2.15. The van der Waals surface area contributed by atoms with Crippen molar-refractivity contribution in [3.63, 3.8) is 0 Å². The van der Waals surface area contributed by atoms with Crippen LogP contribution in [0.5, 0.6) is 0 Å². The lowest BCUT2D eigenvalue weighted by Gasteiger charge is -2.11. The smallest absolute Gasteiger partial charge is 0.278 e. The molecule has 0 aromatic heterocycles. The number of nitrogens with one attached hydrogen (secondary N) is 1. The van der Waals surface area contributed by atoms with Gasteiger partial charge in [-0.05, 0) is 30.2 Å². The molecule has 0 heterocycles. The summed E-state index contributed by atoms with van der Waals surface area (Å²) in [6.07, 6.45) is 0.737. The molecule has 25 heavy (non-hydrogen) atoms. The third-order valence-electron chi connectivity index (χ3n) is 3.93. The fourth-order valence-electron chi connectivity index (χ4n) is 2.40. The molecule has 0 aliphatic carbocycles. The van der Waals surface area contributed by atoms with Crippen molar-refractivity contribution in [1.82, 2.24) is 5.32 Å². The Kier molecular flexibility index (Phi) is 6.69. The number of hydrogen-bond acceptors (Lipinski definition) is 3. The number of sulfonamides is 1. The van der Waals surface area contributed by atoms with Gasteiger partial charge in [0, 0.05) is 13.0 Å². The minimum atomic E-state index is -3.65. The third-order valence-corrected chi connectivity index (χ3v) is 4.86. The van der Waals surface area contributed by atoms with Gasteiger partial charge < -0.3 is 10.6 Å². The summed E-state index contributed by atoms with van der Waals surface area (Å²) in [7, 11) is -3.65. The average molecular weight is 362 g/mol. The van der Waals surface area contributed by atoms with Crippen molar-refractivity contribution in [2.45, 2.75) is 30.8 Å². The van der Waals surface area contributed by atoms with Gasteiger partial charge in [0.05, 0.1) is 11.4 Å². The first-order valence-electron chi connectivity index (χ1n) is 8.13. The average Bonchev–Trinajstić information content (AvgIpc) is 2.60. The van der Waals surface area contributed by atoms with E-state index in [-0.39, 0.29) is 16.8 Å². The minimum Gasteiger partial charge on any atom is -0.347 e. The fourth-order valence-corrected chi connectivity index (χ4v) is 2.91. The van der Waals surface area contributed by atoms with Crippen LogP contribution in [0.1, 0.15) is 18.1 Å². The van der Waals surface area contributed by atoms with Crippen molar-refractivity contribution in [1.29, 1.82) is 0 Å². The van der Waals surface area contributed by atoms with Gasteiger partial charge in [-0.1, -0.05) is 42.5 Å². The summed E-state index contributed by atoms with van der Waals surface area (Å²) >= 11 is 0. The van der Waals surface area contributed by atoms with Crippen LogP contribution in [0.25, 0.3) is 0 Å². The van der Waals surface area contributed by atoms with Gasteiger partial charge in [-0.3, -0.25) is 4.79 Å². The van der Waals surface area contributed by atoms with Crippen molar-refractivity contribution in [3.8, 4) is 0 Å². The SMILES string of the molecule is C[C@@H]([NH2+]CCc1ccc(S(N)(=O)=O)cc1)C(=O)NCc1ccccc1. The molecule has 0 bridgehead atoms. The molecular formula is C18H24N3O3S+. The molecule has 0 radical (unpaired) electrons. The van der Waals surface area contributed by atoms with Crippen LogP contribution < -0.4 is 15.8 Å². The van der Waals surface area contributed by atoms with E-state index < -0.39 is 10.0 Å². The molecule has 1 atom stereocenters. The molecule has 0 saturated heterocycles. The van der Waals surface area contributed by atoms with Crippen LogP contribution >= 0.6 is 0 Å². The largest absolute Gasteiger partial charge is 0.347 e. The number of carbonyl (C=O) groups is 1. The first-order chi connectivity index (χ1) is 11.9. The summed E-state index contributed by atoms with van der Waals surface area (Å²) in [6, 6.07) is 16.1. The quantitative estimate of drug-likeness (QED) is 0.622. The number of carbonyl (C=O) groups excluding carboxylic acids is 1. The molecule has 2 rings (SSSR count). The predicted octanol–water partition coefficient (Wildman–Crippen LogP) is 0.145. The fraction of sp³-hybridized carbons (Fsp3) is 0.278. The number of quaternary nitrogens is 1. The summed E-state index contributed by atoms with van der Waals surface area (Å²) < 4.78 is 22.4. The van der Waals surface area contributed by atoms with Crippen LogP contribution in [0.4, 0.5) is 0 Å². The zero-order valence-electron chi connectivity index (χ0n) is 14.2. The maximum atomic E-state index is 12.1. The lowest BCUT2D eigenvalue weighted by molar-refractivity contribution is -0.673. The molecule has 5 N–H and O–H groups in total. The van der Waals surface area contributed by atoms with E-state index in [4.69, 9.17) is 5.14 Å². The number of hydrogen-bond donors (Lipinski definition) is 3. The standard InChI is InChI=1S/C18H23N3O3S/c1-14(18(22)21-13-16-5-3-2-4-6-16)20-12-11-15-7-9-17(10-8-15)25(19,23)24/h2-10,14,20H,11-13H2,1H3,(H,21,22)(H2,19,23,24)/p+1/t14-/m1/s1. The molecular weight excluding hydrogens is 338 g/mol. The Morgan fingerprint density at radius 3 is 2.32 bits per heavy atom. The van der Waals surface area contributed by atoms with E-state index >= 15 is 0 Å². The van der Waals surface area contributed by atoms with E-state index in [1.165, 1.54) is 12.1 Å². The number of primary sulfonamides is 1. The first kappa shape index (κ1) is 19.1. The summed E-state index contributed by atoms with van der Waals surface area (Å²) in [5.41, 5.74) is 2.07. The summed E-state index contributed by atoms with van der Waals surface area (Å²) in [5, 5.41) is 9.96. The Labute approximate surface area is 148 Å². The molecule has 0 aliphatic rings. The molecule has 7 heteroatoms. The molecule has 2 aromatic rings. The molecule has 0 saturated carbocycles. The van der Waals surface area contributed by atoms with E-state index in [9.17, 15) is 13.2 Å². The maximum Gasteiger partial charge on any atom is 0.278 e. The molecule has 2 aromatic carbocycles. The van der Waals surface area contributed by atoms with E-state index in [1.807, 2.05) is 42.6 Å². The lowest BCUT2D eigenvalue weighted by atomic mass is 10.1. The van der Waals surface area contributed by atoms with Crippen molar-refractivity contribution < 1.29 is 18.5 Å². The van der Waals surface area contributed by atoms with E-state index in [2.05, 4.69) is 5.32 Å². The minimum absolute atomic E-state index is 0.00609. The summed E-state index contributed by atoms with van der Waals surface area (Å²) in [4.78, 5) is 12.2. The Hall–Kier alpha value is -2.22. The van der Waals surface area contributed by atoms with Gasteiger partial charge in [0.25, 0.3) is 5.91 Å². The second kappa shape index (κ2) is 8.75.